The Kier molecular flexibility index (Phi) is 72.6. The summed E-state index contributed by atoms with van der Waals surface area (Å²) in [5.41, 5.74) is 17.5. The SMILES string of the molecule is C.CC(C)(C)P(C1CCCC1)C(C)(C)C.CC(C)(C)P(C1CCCC1)C(C)(C)C.CC(Cc1cnc(-c2cn[nH]c2)s1)C(=O)CC1=C(C(=O)O)CCCC1.CC(Cc1cnc(Br)s1)C(=O)O.CC1(C)OB(c2cn[nH]c2)OC1(C)C.CCC1=C(N)CCCC1.CCOC(=O)C1=C(CC(=O)C(C)Cc2cnc(-c3cn[nH]c3)s2)CCCC1.CCOC(=O)C1=C(CC(=O)C(C)Cc2cnc(Br)s2)CCCC1.O=C=O.[CH3-].[CH3-].[Cl][Pd][Cl].[Fe+2].[Li+].[OH-]. The van der Waals surface area contributed by atoms with Gasteiger partial charge in [-0.3, -0.25) is 34.5 Å². The number of nitrogens with two attached hydrogens (primary N) is 1. The molecule has 7 aliphatic rings. The number of carbonyl (C=O) groups is 7. The van der Waals surface area contributed by atoms with E-state index < -0.39 is 11.9 Å². The molecule has 842 valence electrons. The number of nitrogens with zero attached hydrogens (tertiary/aromatic N) is 7. The molecule has 0 radical (unpaired) electrons. The molecule has 3 fully saturated rings. The number of ether oxygens (including phenoxy) is 2. The molecule has 27 nitrogen and oxygen atoms in total. The largest absolute Gasteiger partial charge is 2.00 e. The van der Waals surface area contributed by atoms with Crippen LogP contribution in [0.2, 0.25) is 0 Å². The molecule has 0 amide bonds. The summed E-state index contributed by atoms with van der Waals surface area (Å²) >= 11 is 12.6. The Hall–Kier alpha value is -4.70. The van der Waals surface area contributed by atoms with Gasteiger partial charge in [0.15, 0.2) is 7.83 Å². The van der Waals surface area contributed by atoms with E-state index >= 15 is 0 Å². The number of aromatic amines is 3. The average Bonchev–Trinajstić information content (AvgIpc) is 1.62. The van der Waals surface area contributed by atoms with Gasteiger partial charge in [0.2, 0.25) is 0 Å². The monoisotopic (exact) mass is 2490 g/mol. The Balaban J connectivity index is 0. The summed E-state index contributed by atoms with van der Waals surface area (Å²) in [6.45, 7) is 51.5. The first-order valence-electron chi connectivity index (χ1n) is 50.6. The second kappa shape index (κ2) is 73.9. The number of allylic oxidation sites excluding steroid dienone is 5. The third-order valence-electron chi connectivity index (χ3n) is 26.3. The van der Waals surface area contributed by atoms with Crippen LogP contribution < -0.4 is 30.1 Å². The maximum absolute atomic E-state index is 12.8. The third kappa shape index (κ3) is 51.5. The number of aliphatic carboxylic acids is 2. The van der Waals surface area contributed by atoms with Gasteiger partial charge in [-0.25, -0.2) is 34.3 Å². The average molecular weight is 2490 g/mol. The number of aromatic nitrogens is 10. The van der Waals surface area contributed by atoms with Gasteiger partial charge in [0, 0.05) is 145 Å². The molecule has 41 heteroatoms. The molecule has 7 aromatic rings. The van der Waals surface area contributed by atoms with E-state index in [0.29, 0.717) is 84.4 Å². The Morgan fingerprint density at radius 3 is 1.06 bits per heavy atom. The van der Waals surface area contributed by atoms with E-state index in [1.807, 2.05) is 67.1 Å². The third-order valence-corrected chi connectivity index (χ3v) is 39.7. The van der Waals surface area contributed by atoms with Crippen LogP contribution in [-0.4, -0.2) is 177 Å². The minimum atomic E-state index is -0.873. The number of hydrogen-bond acceptors (Lipinski definition) is 26. The normalized spacial score (nSPS) is 16.6. The minimum Gasteiger partial charge on any atom is -0.870 e. The summed E-state index contributed by atoms with van der Waals surface area (Å²) in [5, 5.41) is 41.9. The number of esters is 2. The number of rotatable bonds is 29. The van der Waals surface area contributed by atoms with Gasteiger partial charge in [0.05, 0.1) is 42.7 Å². The number of halogens is 4. The number of hydrogen-bond donors (Lipinski definition) is 6. The van der Waals surface area contributed by atoms with Crippen molar-refractivity contribution in [3.63, 3.8) is 0 Å². The summed E-state index contributed by atoms with van der Waals surface area (Å²) in [5.74, 6) is -2.33. The molecule has 14 rings (SSSR count). The van der Waals surface area contributed by atoms with E-state index in [2.05, 4.69) is 172 Å². The zero-order valence-corrected chi connectivity index (χ0v) is 105. The number of carboxylic acids is 2. The van der Waals surface area contributed by atoms with Crippen LogP contribution >= 0.6 is 112 Å². The van der Waals surface area contributed by atoms with Gasteiger partial charge < -0.3 is 55.1 Å². The first kappa shape index (κ1) is 147. The zero-order chi connectivity index (χ0) is 107. The van der Waals surface area contributed by atoms with E-state index in [1.165, 1.54) is 93.2 Å². The fraction of sp³-hybridized carbons (Fsp3) is 0.642. The van der Waals surface area contributed by atoms with Crippen molar-refractivity contribution in [1.82, 2.24) is 50.5 Å². The van der Waals surface area contributed by atoms with E-state index in [1.54, 1.807) is 98.2 Å². The van der Waals surface area contributed by atoms with Gasteiger partial charge in [-0.15, -0.1) is 45.3 Å². The van der Waals surface area contributed by atoms with Crippen molar-refractivity contribution in [2.75, 3.05) is 13.2 Å². The molecule has 150 heavy (non-hydrogen) atoms. The van der Waals surface area contributed by atoms with Crippen molar-refractivity contribution in [3.8, 4) is 21.1 Å². The molecule has 1 aliphatic heterocycles. The summed E-state index contributed by atoms with van der Waals surface area (Å²) in [4.78, 5) is 121. The van der Waals surface area contributed by atoms with Crippen molar-refractivity contribution in [3.05, 3.63) is 149 Å². The fourth-order valence-corrected chi connectivity index (χ4v) is 34.5. The topological polar surface area (TPSA) is 425 Å². The van der Waals surface area contributed by atoms with Crippen LogP contribution in [0.5, 0.6) is 0 Å². The van der Waals surface area contributed by atoms with Crippen LogP contribution in [0.25, 0.3) is 21.1 Å². The quantitative estimate of drug-likeness (QED) is 0.0110. The number of carbonyl (C=O) groups excluding carboxylic acids is 7. The minimum absolute atomic E-state index is 0. The Morgan fingerprint density at radius 1 is 0.493 bits per heavy atom. The van der Waals surface area contributed by atoms with Crippen molar-refractivity contribution in [1.29, 1.82) is 0 Å². The Morgan fingerprint density at radius 2 is 0.787 bits per heavy atom. The number of ketones is 3. The van der Waals surface area contributed by atoms with Crippen LogP contribution in [0.15, 0.2) is 115 Å². The number of H-pyrrole nitrogens is 3. The number of thiazole rings is 4. The molecule has 8 N–H and O–H groups in total. The van der Waals surface area contributed by atoms with Gasteiger partial charge in [0.25, 0.3) is 0 Å². The van der Waals surface area contributed by atoms with Gasteiger partial charge in [-0.2, -0.15) is 24.9 Å². The molecule has 0 aromatic carbocycles. The van der Waals surface area contributed by atoms with Crippen molar-refractivity contribution < 1.29 is 129 Å². The number of carboxylic acid groups (broad SMARTS) is 2. The van der Waals surface area contributed by atoms with Crippen LogP contribution in [-0.2, 0) is 121 Å². The summed E-state index contributed by atoms with van der Waals surface area (Å²) in [7, 11) is 9.63. The molecule has 0 spiro atoms. The molecule has 7 aromatic heterocycles. The van der Waals surface area contributed by atoms with Gasteiger partial charge in [-0.05, 0) is 266 Å². The molecule has 1 saturated heterocycles. The number of nitrogens with one attached hydrogen (secondary N) is 3. The molecular formula is C109H171BBr2Cl2FeLiN11O16P2PdS4. The standard InChI is InChI=1S/C20H25N3O3S.C18H21N3O3S.C17H22BrNO3S.2C13H27P.C9H15BN2O2.C8H15N.C7H8BrNO2S.CO2.CH4.2CH3.2ClH.Fe.Li.H2O.Pd/c1-3-26-20(25)17-7-5-4-6-14(17)9-18(24)13(2)8-16-12-21-19(27-16)15-10-22-23-11-15;1-11(6-14-10-19-17(25-14)13-8-20-21-9-13)16(22)7-12-4-2-3-5-15(12)18(23)24;1-3-22-16(21)14-7-5-4-6-12(14)9-15(20)11(2)8-13-10-19-17(18)23-13;2*1-12(2,3)14(13(4,5)6)11-9-7-8-10-11;1-8(2)9(3,4)14-10(13-8)7-5-11-12-6-7;1-2-7-5-3-4-6-8(7)9;1-4(6(10)11)2-5-3-9-7(8)12-5;2-1-3;;;;;;;;;/h10-13H,3-9H2,1-2H3,(H,22,23);8-11H,2-7H2,1H3,(H,20,21)(H,23,24);10-11H,3-9H2,1-2H3;2*11H,7-10H2,1-6H3;5-6H,1-4H3,(H,11,12);2-6,9H2,1H3;3-4H,2H2,1H3,(H,10,11);;1H4;2*1H3;2*1H;;;1H2;/q;;;;;;;;;;2*-1;;;+2;+1;;+2/p-3. The van der Waals surface area contributed by atoms with E-state index in [4.69, 9.17) is 58.3 Å². The zero-order valence-electron chi connectivity index (χ0n) is 92.9. The van der Waals surface area contributed by atoms with Crippen LogP contribution in [0.1, 0.15) is 366 Å². The van der Waals surface area contributed by atoms with Crippen molar-refractivity contribution in [2.24, 2.45) is 29.4 Å². The van der Waals surface area contributed by atoms with Gasteiger partial charge >= 0.3 is 108 Å². The molecule has 4 atom stereocenters. The molecular weight excluding hydrogens is 2320 g/mol. The van der Waals surface area contributed by atoms with Crippen LogP contribution in [0.4, 0.5) is 0 Å². The van der Waals surface area contributed by atoms with E-state index in [-0.39, 0.29) is 179 Å². The first-order valence-corrected chi connectivity index (χ1v) is 62.3. The summed E-state index contributed by atoms with van der Waals surface area (Å²) in [6, 6.07) is 0. The molecule has 0 bridgehead atoms. The molecule has 4 unspecified atom stereocenters. The second-order valence-corrected chi connectivity index (χ2v) is 60.1. The van der Waals surface area contributed by atoms with Gasteiger partial charge in [0.1, 0.15) is 27.4 Å². The van der Waals surface area contributed by atoms with E-state index in [0.717, 1.165) is 177 Å². The van der Waals surface area contributed by atoms with Crippen molar-refractivity contribution >= 4 is 172 Å². The Labute approximate surface area is 970 Å². The summed E-state index contributed by atoms with van der Waals surface area (Å²) < 4.78 is 23.6. The van der Waals surface area contributed by atoms with Gasteiger partial charge in [-0.1, -0.05) is 189 Å². The number of Topliss-reactive ketones (excluding diaryl/α,β-unsaturated/α-hetero) is 3. The second-order valence-electron chi connectivity index (χ2n) is 42.4. The van der Waals surface area contributed by atoms with Crippen LogP contribution in [0, 0.1) is 38.5 Å². The first-order chi connectivity index (χ1) is 67.8. The van der Waals surface area contributed by atoms with E-state index in [9.17, 15) is 38.7 Å². The molecule has 6 aliphatic carbocycles. The maximum atomic E-state index is 12.8. The predicted molar refractivity (Wildman–Crippen MR) is 614 cm³/mol. The molecule has 8 heterocycles. The fourth-order valence-electron chi connectivity index (χ4n) is 19.3. The maximum Gasteiger partial charge on any atom is 2.00 e. The smallest absolute Gasteiger partial charge is 0.870 e. The van der Waals surface area contributed by atoms with Crippen LogP contribution in [0.3, 0.4) is 0 Å². The van der Waals surface area contributed by atoms with Crippen molar-refractivity contribution in [2.45, 2.75) is 415 Å². The predicted octanol–water partition coefficient (Wildman–Crippen LogP) is 26.4. The Bertz CT molecular complexity index is 5190. The summed E-state index contributed by atoms with van der Waals surface area (Å²) in [6.07, 6.45) is 50.0. The molecule has 2 saturated carbocycles.